The molecule has 0 spiro atoms. The fourth-order valence-electron chi connectivity index (χ4n) is 2.80. The second-order valence-electron chi connectivity index (χ2n) is 6.09. The maximum Gasteiger partial charge on any atom is 0.251 e. The van der Waals surface area contributed by atoms with Crippen LogP contribution in [0.2, 0.25) is 0 Å². The van der Waals surface area contributed by atoms with Crippen molar-refractivity contribution < 1.29 is 14.0 Å². The highest BCUT2D eigenvalue weighted by atomic mass is 19.1. The van der Waals surface area contributed by atoms with E-state index in [2.05, 4.69) is 22.5 Å². The van der Waals surface area contributed by atoms with E-state index < -0.39 is 11.7 Å². The van der Waals surface area contributed by atoms with Crippen molar-refractivity contribution in [3.05, 3.63) is 35.6 Å². The lowest BCUT2D eigenvalue weighted by atomic mass is 10.0. The average Bonchev–Trinajstić information content (AvgIpc) is 2.52. The quantitative estimate of drug-likeness (QED) is 0.833. The number of halogens is 1. The summed E-state index contributed by atoms with van der Waals surface area (Å²) in [6, 6.07) is 5.38. The Morgan fingerprint density at radius 1 is 1.35 bits per heavy atom. The molecule has 2 amide bonds. The maximum atomic E-state index is 13.0. The van der Waals surface area contributed by atoms with Crippen LogP contribution in [0.5, 0.6) is 0 Å². The highest BCUT2D eigenvalue weighted by Crippen LogP contribution is 2.14. The molecule has 0 bridgehead atoms. The zero-order valence-corrected chi connectivity index (χ0v) is 13.5. The van der Waals surface area contributed by atoms with Crippen molar-refractivity contribution in [3.63, 3.8) is 0 Å². The number of carbonyl (C=O) groups is 2. The molecule has 0 saturated carbocycles. The van der Waals surface area contributed by atoms with Gasteiger partial charge in [-0.05, 0) is 43.5 Å². The maximum absolute atomic E-state index is 13.0. The Hall–Kier alpha value is -1.95. The van der Waals surface area contributed by atoms with E-state index >= 15 is 0 Å². The predicted octanol–water partition coefficient (Wildman–Crippen LogP) is 1.40. The third kappa shape index (κ3) is 5.98. The van der Waals surface area contributed by atoms with Crippen molar-refractivity contribution in [1.82, 2.24) is 15.5 Å². The summed E-state index contributed by atoms with van der Waals surface area (Å²) < 4.78 is 13.0. The third-order valence-corrected chi connectivity index (χ3v) is 3.99. The summed E-state index contributed by atoms with van der Waals surface area (Å²) in [7, 11) is 0. The summed E-state index contributed by atoms with van der Waals surface area (Å²) >= 11 is 0. The van der Waals surface area contributed by atoms with E-state index in [0.717, 1.165) is 25.7 Å². The van der Waals surface area contributed by atoms with Gasteiger partial charge in [-0.3, -0.25) is 9.59 Å². The molecule has 1 aromatic rings. The molecule has 1 aromatic carbocycles. The molecule has 1 aliphatic heterocycles. The molecule has 0 aromatic heterocycles. The number of benzene rings is 1. The number of likely N-dealkylation sites (tertiary alicyclic amines) is 1. The van der Waals surface area contributed by atoms with Crippen LogP contribution in [-0.2, 0) is 4.79 Å². The van der Waals surface area contributed by atoms with Crippen molar-refractivity contribution in [1.29, 1.82) is 0 Å². The van der Waals surface area contributed by atoms with Gasteiger partial charge < -0.3 is 15.5 Å². The van der Waals surface area contributed by atoms with Crippen molar-refractivity contribution in [2.24, 2.45) is 5.92 Å². The molecule has 2 N–H and O–H groups in total. The smallest absolute Gasteiger partial charge is 0.251 e. The van der Waals surface area contributed by atoms with Crippen molar-refractivity contribution >= 4 is 11.8 Å². The number of amides is 2. The lowest BCUT2D eigenvalue weighted by molar-refractivity contribution is -0.120. The van der Waals surface area contributed by atoms with Crippen LogP contribution in [0.3, 0.4) is 0 Å². The van der Waals surface area contributed by atoms with E-state index in [1.54, 1.807) is 0 Å². The molecule has 5 nitrogen and oxygen atoms in total. The molecule has 1 fully saturated rings. The van der Waals surface area contributed by atoms with Gasteiger partial charge in [0.05, 0.1) is 6.54 Å². The van der Waals surface area contributed by atoms with Gasteiger partial charge in [0.2, 0.25) is 5.91 Å². The van der Waals surface area contributed by atoms with Gasteiger partial charge in [0.15, 0.2) is 0 Å². The van der Waals surface area contributed by atoms with E-state index in [4.69, 9.17) is 0 Å². The second-order valence-corrected chi connectivity index (χ2v) is 6.09. The molecule has 0 aliphatic carbocycles. The minimum absolute atomic E-state index is 0.105. The molecular weight excluding hydrogens is 297 g/mol. The van der Waals surface area contributed by atoms with Crippen LogP contribution < -0.4 is 10.6 Å². The summed E-state index contributed by atoms with van der Waals surface area (Å²) in [6.07, 6.45) is 2.48. The molecule has 23 heavy (non-hydrogen) atoms. The van der Waals surface area contributed by atoms with Crippen LogP contribution in [0, 0.1) is 11.7 Å². The molecule has 1 aliphatic rings. The first-order chi connectivity index (χ1) is 11.0. The van der Waals surface area contributed by atoms with Crippen molar-refractivity contribution in [3.8, 4) is 0 Å². The fraction of sp³-hybridized carbons (Fsp3) is 0.529. The van der Waals surface area contributed by atoms with Crippen LogP contribution in [0.4, 0.5) is 4.39 Å². The van der Waals surface area contributed by atoms with Gasteiger partial charge in [0.1, 0.15) is 5.82 Å². The number of carbonyl (C=O) groups excluding carboxylic acids is 2. The first-order valence-corrected chi connectivity index (χ1v) is 8.07. The van der Waals surface area contributed by atoms with E-state index in [1.807, 2.05) is 0 Å². The molecule has 1 heterocycles. The Kier molecular flexibility index (Phi) is 6.52. The Labute approximate surface area is 136 Å². The summed E-state index contributed by atoms with van der Waals surface area (Å²) in [6.45, 7) is 5.69. The van der Waals surface area contributed by atoms with Gasteiger partial charge in [-0.1, -0.05) is 13.0 Å². The van der Waals surface area contributed by atoms with Crippen molar-refractivity contribution in [2.45, 2.75) is 19.8 Å². The molecule has 6 heteroatoms. The van der Waals surface area contributed by atoms with Gasteiger partial charge in [-0.15, -0.1) is 0 Å². The number of nitrogens with zero attached hydrogens (tertiary/aromatic N) is 1. The SMILES string of the molecule is CC1CCCN(CCNC(=O)CNC(=O)c2cccc(F)c2)C1. The van der Waals surface area contributed by atoms with E-state index in [0.29, 0.717) is 12.5 Å². The predicted molar refractivity (Wildman–Crippen MR) is 86.6 cm³/mol. The number of nitrogens with one attached hydrogen (secondary N) is 2. The van der Waals surface area contributed by atoms with E-state index in [-0.39, 0.29) is 18.0 Å². The minimum Gasteiger partial charge on any atom is -0.353 e. The summed E-state index contributed by atoms with van der Waals surface area (Å²) in [5.41, 5.74) is 0.208. The molecule has 0 radical (unpaired) electrons. The van der Waals surface area contributed by atoms with Crippen LogP contribution in [0.15, 0.2) is 24.3 Å². The zero-order valence-electron chi connectivity index (χ0n) is 13.5. The minimum atomic E-state index is -0.474. The first kappa shape index (κ1) is 17.4. The Balaban J connectivity index is 1.64. The monoisotopic (exact) mass is 321 g/mol. The van der Waals surface area contributed by atoms with E-state index in [9.17, 15) is 14.0 Å². The highest BCUT2D eigenvalue weighted by Gasteiger charge is 2.15. The number of rotatable bonds is 6. The standard InChI is InChI=1S/C17H24FN3O2/c1-13-4-3-8-21(12-13)9-7-19-16(22)11-20-17(23)14-5-2-6-15(18)10-14/h2,5-6,10,13H,3-4,7-9,11-12H2,1H3,(H,19,22)(H,20,23). The second kappa shape index (κ2) is 8.62. The zero-order chi connectivity index (χ0) is 16.7. The van der Waals surface area contributed by atoms with Gasteiger partial charge in [-0.25, -0.2) is 4.39 Å². The van der Waals surface area contributed by atoms with Crippen LogP contribution in [-0.4, -0.2) is 49.4 Å². The molecule has 1 saturated heterocycles. The summed E-state index contributed by atoms with van der Waals surface area (Å²) in [4.78, 5) is 25.9. The Morgan fingerprint density at radius 3 is 2.91 bits per heavy atom. The number of piperidine rings is 1. The largest absolute Gasteiger partial charge is 0.353 e. The molecular formula is C17H24FN3O2. The van der Waals surface area contributed by atoms with E-state index in [1.165, 1.54) is 31.0 Å². The van der Waals surface area contributed by atoms with Gasteiger partial charge >= 0.3 is 0 Å². The lowest BCUT2D eigenvalue weighted by Gasteiger charge is -2.30. The normalized spacial score (nSPS) is 18.4. The topological polar surface area (TPSA) is 61.4 Å². The van der Waals surface area contributed by atoms with Crippen LogP contribution >= 0.6 is 0 Å². The average molecular weight is 321 g/mol. The molecule has 2 rings (SSSR count). The Morgan fingerprint density at radius 2 is 2.17 bits per heavy atom. The van der Waals surface area contributed by atoms with Gasteiger partial charge in [0, 0.05) is 25.2 Å². The fourth-order valence-corrected chi connectivity index (χ4v) is 2.80. The number of hydrogen-bond acceptors (Lipinski definition) is 3. The first-order valence-electron chi connectivity index (χ1n) is 8.07. The lowest BCUT2D eigenvalue weighted by Crippen LogP contribution is -2.42. The Bertz CT molecular complexity index is 550. The van der Waals surface area contributed by atoms with Crippen LogP contribution in [0.1, 0.15) is 30.1 Å². The molecule has 1 atom stereocenters. The highest BCUT2D eigenvalue weighted by molar-refractivity contribution is 5.96. The summed E-state index contributed by atoms with van der Waals surface area (Å²) in [5, 5.41) is 5.28. The van der Waals surface area contributed by atoms with Crippen LogP contribution in [0.25, 0.3) is 0 Å². The summed E-state index contributed by atoms with van der Waals surface area (Å²) in [5.74, 6) is -0.452. The van der Waals surface area contributed by atoms with Gasteiger partial charge in [0.25, 0.3) is 5.91 Å². The molecule has 126 valence electrons. The van der Waals surface area contributed by atoms with Crippen molar-refractivity contribution in [2.75, 3.05) is 32.7 Å². The third-order valence-electron chi connectivity index (χ3n) is 3.99. The van der Waals surface area contributed by atoms with Gasteiger partial charge in [-0.2, -0.15) is 0 Å². The molecule has 1 unspecified atom stereocenters. The number of hydrogen-bond donors (Lipinski definition) is 2.